The molecule has 0 aromatic heterocycles. The SMILES string of the molecule is C[C@]12O[C@](C)([C@H](O)[C@@H]1Cl)[C@H]1C(=O)N(c3ccc(C#N)c(C(F)(F)F)c3)C(=O)[C@@H]12. The second-order valence-electron chi connectivity index (χ2n) is 7.62. The summed E-state index contributed by atoms with van der Waals surface area (Å²) in [6, 6.07) is 4.09. The molecule has 10 heteroatoms. The average Bonchev–Trinajstić information content (AvgIpc) is 3.10. The third-order valence-electron chi connectivity index (χ3n) is 6.08. The molecular formula is C18H14ClF3N2O4. The molecular weight excluding hydrogens is 401 g/mol. The molecule has 3 aliphatic heterocycles. The fraction of sp³-hybridized carbons (Fsp3) is 0.500. The summed E-state index contributed by atoms with van der Waals surface area (Å²) in [6.07, 6.45) is -6.05. The Balaban J connectivity index is 1.82. The highest BCUT2D eigenvalue weighted by molar-refractivity contribution is 6.26. The number of aliphatic hydroxyl groups is 1. The molecule has 28 heavy (non-hydrogen) atoms. The van der Waals surface area contributed by atoms with Gasteiger partial charge in [-0.25, -0.2) is 4.90 Å². The number of hydrogen-bond acceptors (Lipinski definition) is 5. The third-order valence-corrected chi connectivity index (χ3v) is 6.75. The minimum absolute atomic E-state index is 0.289. The number of nitrogens with zero attached hydrogens (tertiary/aromatic N) is 2. The van der Waals surface area contributed by atoms with Crippen LogP contribution in [0.1, 0.15) is 25.0 Å². The lowest BCUT2D eigenvalue weighted by Crippen LogP contribution is -2.55. The number of alkyl halides is 4. The van der Waals surface area contributed by atoms with Gasteiger partial charge in [0.15, 0.2) is 0 Å². The van der Waals surface area contributed by atoms with Crippen LogP contribution in [0.25, 0.3) is 0 Å². The van der Waals surface area contributed by atoms with Gasteiger partial charge < -0.3 is 9.84 Å². The van der Waals surface area contributed by atoms with E-state index in [9.17, 15) is 27.9 Å². The number of carbonyl (C=O) groups excluding carboxylic acids is 2. The molecule has 3 fully saturated rings. The summed E-state index contributed by atoms with van der Waals surface area (Å²) in [6.45, 7) is 2.98. The molecule has 3 aliphatic rings. The van der Waals surface area contributed by atoms with E-state index < -0.39 is 63.6 Å². The molecule has 2 bridgehead atoms. The van der Waals surface area contributed by atoms with Gasteiger partial charge in [0.1, 0.15) is 11.7 Å². The first-order valence-corrected chi connectivity index (χ1v) is 8.83. The summed E-state index contributed by atoms with van der Waals surface area (Å²) < 4.78 is 45.6. The van der Waals surface area contributed by atoms with Crippen LogP contribution in [-0.2, 0) is 20.5 Å². The maximum absolute atomic E-state index is 13.3. The Morgan fingerprint density at radius 1 is 1.21 bits per heavy atom. The van der Waals surface area contributed by atoms with E-state index in [1.165, 1.54) is 19.9 Å². The normalized spacial score (nSPS) is 39.4. The number of fused-ring (bicyclic) bond motifs is 5. The van der Waals surface area contributed by atoms with Crippen LogP contribution < -0.4 is 4.90 Å². The zero-order valence-electron chi connectivity index (χ0n) is 14.6. The van der Waals surface area contributed by atoms with E-state index in [0.717, 1.165) is 12.1 Å². The number of nitriles is 1. The number of aliphatic hydroxyl groups excluding tert-OH is 1. The van der Waals surface area contributed by atoms with Crippen molar-refractivity contribution in [3.05, 3.63) is 29.3 Å². The second-order valence-corrected chi connectivity index (χ2v) is 8.09. The van der Waals surface area contributed by atoms with Crippen LogP contribution in [-0.4, -0.2) is 39.6 Å². The van der Waals surface area contributed by atoms with Crippen molar-refractivity contribution >= 4 is 29.1 Å². The van der Waals surface area contributed by atoms with E-state index in [-0.39, 0.29) is 5.69 Å². The number of carbonyl (C=O) groups is 2. The van der Waals surface area contributed by atoms with Crippen molar-refractivity contribution in [1.82, 2.24) is 0 Å². The first kappa shape index (κ1) is 19.2. The van der Waals surface area contributed by atoms with Crippen molar-refractivity contribution in [3.63, 3.8) is 0 Å². The molecule has 1 N–H and O–H groups in total. The molecule has 3 heterocycles. The number of anilines is 1. The Bertz CT molecular complexity index is 923. The zero-order chi connectivity index (χ0) is 20.8. The van der Waals surface area contributed by atoms with Gasteiger partial charge in [-0.3, -0.25) is 9.59 Å². The lowest BCUT2D eigenvalue weighted by Gasteiger charge is -2.35. The Labute approximate surface area is 162 Å². The first-order valence-electron chi connectivity index (χ1n) is 8.39. The highest BCUT2D eigenvalue weighted by atomic mass is 35.5. The van der Waals surface area contributed by atoms with Gasteiger partial charge in [0.25, 0.3) is 0 Å². The van der Waals surface area contributed by atoms with Gasteiger partial charge in [-0.1, -0.05) is 0 Å². The predicted octanol–water partition coefficient (Wildman–Crippen LogP) is 2.21. The second kappa shape index (κ2) is 5.47. The van der Waals surface area contributed by atoms with Gasteiger partial charge >= 0.3 is 6.18 Å². The van der Waals surface area contributed by atoms with E-state index in [0.29, 0.717) is 11.0 Å². The van der Waals surface area contributed by atoms with Gasteiger partial charge in [0.2, 0.25) is 11.8 Å². The van der Waals surface area contributed by atoms with Gasteiger partial charge in [-0.2, -0.15) is 18.4 Å². The molecule has 0 aliphatic carbocycles. The monoisotopic (exact) mass is 414 g/mol. The maximum atomic E-state index is 13.3. The number of ether oxygens (including phenoxy) is 1. The van der Waals surface area contributed by atoms with Crippen molar-refractivity contribution in [2.45, 2.75) is 42.7 Å². The zero-order valence-corrected chi connectivity index (χ0v) is 15.4. The van der Waals surface area contributed by atoms with E-state index in [2.05, 4.69) is 0 Å². The van der Waals surface area contributed by atoms with Gasteiger partial charge in [0.05, 0.1) is 45.7 Å². The molecule has 6 atom stereocenters. The van der Waals surface area contributed by atoms with Crippen molar-refractivity contribution in [1.29, 1.82) is 5.26 Å². The maximum Gasteiger partial charge on any atom is 0.417 e. The molecule has 0 unspecified atom stereocenters. The molecule has 3 saturated heterocycles. The molecule has 1 aromatic carbocycles. The quantitative estimate of drug-likeness (QED) is 0.562. The molecule has 1 aromatic rings. The molecule has 2 amide bonds. The van der Waals surface area contributed by atoms with Crippen molar-refractivity contribution < 1.29 is 32.6 Å². The van der Waals surface area contributed by atoms with Crippen LogP contribution >= 0.6 is 11.6 Å². The predicted molar refractivity (Wildman–Crippen MR) is 89.2 cm³/mol. The van der Waals surface area contributed by atoms with Crippen LogP contribution in [0, 0.1) is 23.2 Å². The van der Waals surface area contributed by atoms with Crippen LogP contribution in [0.2, 0.25) is 0 Å². The number of hydrogen-bond donors (Lipinski definition) is 1. The summed E-state index contributed by atoms with van der Waals surface area (Å²) in [5.41, 5.74) is -4.90. The fourth-order valence-corrected chi connectivity index (χ4v) is 5.19. The molecule has 0 spiro atoms. The van der Waals surface area contributed by atoms with Gasteiger partial charge in [-0.15, -0.1) is 11.6 Å². The first-order chi connectivity index (χ1) is 12.9. The highest BCUT2D eigenvalue weighted by Gasteiger charge is 2.79. The van der Waals surface area contributed by atoms with Crippen LogP contribution in [0.5, 0.6) is 0 Å². The Hall–Kier alpha value is -2.15. The number of rotatable bonds is 1. The van der Waals surface area contributed by atoms with Crippen LogP contribution in [0.3, 0.4) is 0 Å². The molecule has 0 radical (unpaired) electrons. The molecule has 0 saturated carbocycles. The van der Waals surface area contributed by atoms with Crippen molar-refractivity contribution in [2.75, 3.05) is 4.90 Å². The Morgan fingerprint density at radius 3 is 2.32 bits per heavy atom. The smallest absolute Gasteiger partial charge is 0.388 e. The van der Waals surface area contributed by atoms with E-state index in [1.807, 2.05) is 0 Å². The minimum Gasteiger partial charge on any atom is -0.388 e. The number of halogens is 4. The lowest BCUT2D eigenvalue weighted by molar-refractivity contribution is -0.138. The summed E-state index contributed by atoms with van der Waals surface area (Å²) >= 11 is 6.25. The average molecular weight is 415 g/mol. The third kappa shape index (κ3) is 2.11. The van der Waals surface area contributed by atoms with E-state index in [4.69, 9.17) is 21.6 Å². The number of imide groups is 1. The molecule has 6 nitrogen and oxygen atoms in total. The van der Waals surface area contributed by atoms with E-state index in [1.54, 1.807) is 0 Å². The van der Waals surface area contributed by atoms with Crippen LogP contribution in [0.15, 0.2) is 18.2 Å². The Kier molecular flexibility index (Phi) is 3.74. The van der Waals surface area contributed by atoms with Crippen molar-refractivity contribution in [2.24, 2.45) is 11.8 Å². The lowest BCUT2D eigenvalue weighted by atomic mass is 9.67. The van der Waals surface area contributed by atoms with Crippen molar-refractivity contribution in [3.8, 4) is 6.07 Å². The summed E-state index contributed by atoms with van der Waals surface area (Å²) in [5.74, 6) is -3.60. The summed E-state index contributed by atoms with van der Waals surface area (Å²) in [5, 5.41) is 18.4. The minimum atomic E-state index is -4.83. The summed E-state index contributed by atoms with van der Waals surface area (Å²) in [4.78, 5) is 26.7. The van der Waals surface area contributed by atoms with Gasteiger partial charge in [0, 0.05) is 0 Å². The largest absolute Gasteiger partial charge is 0.417 e. The number of benzene rings is 1. The fourth-order valence-electron chi connectivity index (χ4n) is 4.76. The summed E-state index contributed by atoms with van der Waals surface area (Å²) in [7, 11) is 0. The van der Waals surface area contributed by atoms with E-state index >= 15 is 0 Å². The Morgan fingerprint density at radius 2 is 1.79 bits per heavy atom. The number of amides is 2. The molecule has 4 rings (SSSR count). The topological polar surface area (TPSA) is 90.6 Å². The molecule has 148 valence electrons. The standard InChI is InChI=1S/C18H14ClF3N2O4/c1-16-10-11(17(2,28-16)13(25)12(16)19)15(27)24(14(10)26)8-4-3-7(6-23)9(5-8)18(20,21)22/h3-5,10-13,25H,1-2H3/t10-,11-,12+,13-,16-,17+/m1/s1. The van der Waals surface area contributed by atoms with Gasteiger partial charge in [-0.05, 0) is 32.0 Å². The van der Waals surface area contributed by atoms with Crippen LogP contribution in [0.4, 0.5) is 18.9 Å². The highest BCUT2D eigenvalue weighted by Crippen LogP contribution is 2.62.